The van der Waals surface area contributed by atoms with Gasteiger partial charge in [0.05, 0.1) is 0 Å². The van der Waals surface area contributed by atoms with Crippen molar-refractivity contribution in [2.45, 2.75) is 6.42 Å². The molecule has 0 aliphatic carbocycles. The molecule has 0 N–H and O–H groups in total. The minimum atomic E-state index is 0.506. The van der Waals surface area contributed by atoms with Crippen LogP contribution in [0.3, 0.4) is 0 Å². The maximum atomic E-state index is 5.70. The largest absolute Gasteiger partial charge is 0.489 e. The van der Waals surface area contributed by atoms with Crippen molar-refractivity contribution in [1.29, 1.82) is 0 Å². The first kappa shape index (κ1) is 14.9. The first-order valence-corrected chi connectivity index (χ1v) is 6.98. The van der Waals surface area contributed by atoms with Crippen LogP contribution in [-0.4, -0.2) is 13.2 Å². The Morgan fingerprint density at radius 3 is 1.57 bits per heavy atom. The van der Waals surface area contributed by atoms with Gasteiger partial charge in [-0.25, -0.2) is 0 Å². The van der Waals surface area contributed by atoms with Crippen LogP contribution in [0, 0.1) is 0 Å². The molecule has 0 fully saturated rings. The second kappa shape index (κ2) is 7.95. The minimum absolute atomic E-state index is 0.506. The lowest BCUT2D eigenvalue weighted by molar-refractivity contribution is 0.355. The smallest absolute Gasteiger partial charge is 0.123 e. The monoisotopic (exact) mass is 280 g/mol. The highest BCUT2D eigenvalue weighted by molar-refractivity contribution is 5.42. The summed E-state index contributed by atoms with van der Waals surface area (Å²) in [5, 5.41) is 0. The van der Waals surface area contributed by atoms with E-state index in [2.05, 4.69) is 25.3 Å². The molecule has 2 aromatic rings. The van der Waals surface area contributed by atoms with E-state index >= 15 is 0 Å². The maximum Gasteiger partial charge on any atom is 0.123 e. The summed E-state index contributed by atoms with van der Waals surface area (Å²) in [6.45, 7) is 8.38. The molecule has 0 radical (unpaired) electrons. The molecule has 0 saturated heterocycles. The lowest BCUT2D eigenvalue weighted by atomic mass is 10.0. The molecule has 0 aliphatic heterocycles. The van der Waals surface area contributed by atoms with Gasteiger partial charge in [0.15, 0.2) is 0 Å². The van der Waals surface area contributed by atoms with Gasteiger partial charge in [-0.15, -0.1) is 0 Å². The van der Waals surface area contributed by atoms with Crippen LogP contribution in [0.5, 0.6) is 11.5 Å². The van der Waals surface area contributed by atoms with E-state index in [1.165, 1.54) is 0 Å². The molecule has 0 spiro atoms. The van der Waals surface area contributed by atoms with E-state index in [1.54, 1.807) is 12.2 Å². The van der Waals surface area contributed by atoms with Gasteiger partial charge in [-0.1, -0.05) is 61.7 Å². The standard InChI is InChI=1S/C19H20O2/c1-3-13-20-18-11-7-5-9-16(18)15-17-10-6-8-12-19(17)21-14-4-2/h3-12H,1-2,13-15H2. The zero-order chi connectivity index (χ0) is 14.9. The van der Waals surface area contributed by atoms with E-state index in [9.17, 15) is 0 Å². The number of ether oxygens (including phenoxy) is 2. The fourth-order valence-corrected chi connectivity index (χ4v) is 2.08. The predicted molar refractivity (Wildman–Crippen MR) is 87.1 cm³/mol. The lowest BCUT2D eigenvalue weighted by Crippen LogP contribution is -2.01. The van der Waals surface area contributed by atoms with Crippen molar-refractivity contribution in [3.05, 3.63) is 85.0 Å². The number of para-hydroxylation sites is 2. The van der Waals surface area contributed by atoms with Crippen LogP contribution in [0.1, 0.15) is 11.1 Å². The van der Waals surface area contributed by atoms with Crippen LogP contribution in [-0.2, 0) is 6.42 Å². The number of rotatable bonds is 8. The Kier molecular flexibility index (Phi) is 5.65. The molecule has 2 aromatic carbocycles. The SMILES string of the molecule is C=CCOc1ccccc1Cc1ccccc1OCC=C. The van der Waals surface area contributed by atoms with Gasteiger partial charge in [-0.05, 0) is 23.3 Å². The Labute approximate surface area is 126 Å². The highest BCUT2D eigenvalue weighted by Crippen LogP contribution is 2.26. The third kappa shape index (κ3) is 4.25. The number of hydrogen-bond acceptors (Lipinski definition) is 2. The van der Waals surface area contributed by atoms with Crippen molar-refractivity contribution in [3.8, 4) is 11.5 Å². The summed E-state index contributed by atoms with van der Waals surface area (Å²) in [6, 6.07) is 16.1. The van der Waals surface area contributed by atoms with Gasteiger partial charge >= 0.3 is 0 Å². The predicted octanol–water partition coefficient (Wildman–Crippen LogP) is 4.41. The van der Waals surface area contributed by atoms with Crippen molar-refractivity contribution < 1.29 is 9.47 Å². The molecule has 0 bridgehead atoms. The first-order valence-electron chi connectivity index (χ1n) is 6.98. The molecule has 0 aliphatic rings. The summed E-state index contributed by atoms with van der Waals surface area (Å²) in [4.78, 5) is 0. The highest BCUT2D eigenvalue weighted by Gasteiger charge is 2.08. The molecule has 2 nitrogen and oxygen atoms in total. The first-order chi connectivity index (χ1) is 10.3. The molecule has 0 unspecified atom stereocenters. The number of hydrogen-bond donors (Lipinski definition) is 0. The molecule has 0 saturated carbocycles. The Hall–Kier alpha value is -2.48. The summed E-state index contributed by atoms with van der Waals surface area (Å²) in [7, 11) is 0. The van der Waals surface area contributed by atoms with Gasteiger partial charge in [0, 0.05) is 6.42 Å². The van der Waals surface area contributed by atoms with Gasteiger partial charge < -0.3 is 9.47 Å². The van der Waals surface area contributed by atoms with Crippen LogP contribution >= 0.6 is 0 Å². The van der Waals surface area contributed by atoms with Crippen molar-refractivity contribution in [2.24, 2.45) is 0 Å². The second-order valence-electron chi connectivity index (χ2n) is 4.59. The minimum Gasteiger partial charge on any atom is -0.489 e. The molecule has 21 heavy (non-hydrogen) atoms. The normalized spacial score (nSPS) is 9.90. The molecule has 0 heterocycles. The molecular weight excluding hydrogens is 260 g/mol. The van der Waals surface area contributed by atoms with Crippen LogP contribution in [0.25, 0.3) is 0 Å². The zero-order valence-corrected chi connectivity index (χ0v) is 12.1. The van der Waals surface area contributed by atoms with Crippen LogP contribution < -0.4 is 9.47 Å². The molecule has 0 aromatic heterocycles. The third-order valence-corrected chi connectivity index (χ3v) is 3.04. The molecule has 0 amide bonds. The summed E-state index contributed by atoms with van der Waals surface area (Å²) < 4.78 is 11.4. The topological polar surface area (TPSA) is 18.5 Å². The molecule has 108 valence electrons. The summed E-state index contributed by atoms with van der Waals surface area (Å²) >= 11 is 0. The Morgan fingerprint density at radius 1 is 0.714 bits per heavy atom. The van der Waals surface area contributed by atoms with Crippen LogP contribution in [0.4, 0.5) is 0 Å². The summed E-state index contributed by atoms with van der Waals surface area (Å²) in [5.41, 5.74) is 2.27. The highest BCUT2D eigenvalue weighted by atomic mass is 16.5. The van der Waals surface area contributed by atoms with E-state index in [1.807, 2.05) is 36.4 Å². The van der Waals surface area contributed by atoms with Gasteiger partial charge in [0.25, 0.3) is 0 Å². The Bertz CT molecular complexity index is 549. The Morgan fingerprint density at radius 2 is 1.14 bits per heavy atom. The van der Waals surface area contributed by atoms with Crippen molar-refractivity contribution in [2.75, 3.05) is 13.2 Å². The summed E-state index contributed by atoms with van der Waals surface area (Å²) in [5.74, 6) is 1.77. The van der Waals surface area contributed by atoms with Crippen LogP contribution in [0.2, 0.25) is 0 Å². The van der Waals surface area contributed by atoms with Gasteiger partial charge in [0.1, 0.15) is 24.7 Å². The van der Waals surface area contributed by atoms with Crippen molar-refractivity contribution in [1.82, 2.24) is 0 Å². The molecular formula is C19H20O2. The molecule has 2 rings (SSSR count). The van der Waals surface area contributed by atoms with Crippen LogP contribution in [0.15, 0.2) is 73.8 Å². The lowest BCUT2D eigenvalue weighted by Gasteiger charge is -2.13. The fourth-order valence-electron chi connectivity index (χ4n) is 2.08. The molecule has 0 atom stereocenters. The fraction of sp³-hybridized carbons (Fsp3) is 0.158. The average molecular weight is 280 g/mol. The maximum absolute atomic E-state index is 5.70. The van der Waals surface area contributed by atoms with Gasteiger partial charge in [0.2, 0.25) is 0 Å². The van der Waals surface area contributed by atoms with E-state index in [-0.39, 0.29) is 0 Å². The number of benzene rings is 2. The molecule has 2 heteroatoms. The average Bonchev–Trinajstić information content (AvgIpc) is 2.53. The van der Waals surface area contributed by atoms with E-state index in [4.69, 9.17) is 9.47 Å². The second-order valence-corrected chi connectivity index (χ2v) is 4.59. The van der Waals surface area contributed by atoms with E-state index in [0.29, 0.717) is 13.2 Å². The third-order valence-electron chi connectivity index (χ3n) is 3.04. The van der Waals surface area contributed by atoms with Gasteiger partial charge in [-0.3, -0.25) is 0 Å². The summed E-state index contributed by atoms with van der Waals surface area (Å²) in [6.07, 6.45) is 4.26. The zero-order valence-electron chi connectivity index (χ0n) is 12.1. The van der Waals surface area contributed by atoms with Gasteiger partial charge in [-0.2, -0.15) is 0 Å². The van der Waals surface area contributed by atoms with Crippen molar-refractivity contribution >= 4 is 0 Å². The van der Waals surface area contributed by atoms with E-state index < -0.39 is 0 Å². The quantitative estimate of drug-likeness (QED) is 0.667. The van der Waals surface area contributed by atoms with Crippen molar-refractivity contribution in [3.63, 3.8) is 0 Å². The van der Waals surface area contributed by atoms with E-state index in [0.717, 1.165) is 29.0 Å². The Balaban J connectivity index is 2.21.